The van der Waals surface area contributed by atoms with Gasteiger partial charge in [-0.1, -0.05) is 70.8 Å². The van der Waals surface area contributed by atoms with Crippen molar-refractivity contribution in [3.8, 4) is 0 Å². The van der Waals surface area contributed by atoms with E-state index >= 15 is 0 Å². The highest BCUT2D eigenvalue weighted by Crippen LogP contribution is 2.67. The number of rotatable bonds is 10. The van der Waals surface area contributed by atoms with Crippen LogP contribution >= 0.6 is 0 Å². The number of allylic oxidation sites excluding steroid dienone is 1. The number of hydrogen-bond donors (Lipinski definition) is 0. The Balaban J connectivity index is 1.45. The average molecular weight is 441 g/mol. The highest BCUT2D eigenvalue weighted by Gasteiger charge is 2.60. The second-order valence-corrected chi connectivity index (χ2v) is 12.2. The molecular weight excluding hydrogens is 392 g/mol. The summed E-state index contributed by atoms with van der Waals surface area (Å²) in [5, 5.41) is 0. The van der Waals surface area contributed by atoms with Crippen LogP contribution in [0.15, 0.2) is 11.6 Å². The Bertz CT molecular complexity index is 720. The molecule has 0 aromatic rings. The third-order valence-electron chi connectivity index (χ3n) is 10.7. The van der Waals surface area contributed by atoms with Gasteiger partial charge in [0.1, 0.15) is 5.78 Å². The fraction of sp³-hybridized carbons (Fsp3) is 0.867. The molecule has 0 saturated heterocycles. The maximum absolute atomic E-state index is 12.4. The molecule has 3 fully saturated rings. The van der Waals surface area contributed by atoms with Gasteiger partial charge in [-0.15, -0.1) is 0 Å². The van der Waals surface area contributed by atoms with Crippen LogP contribution in [0, 0.1) is 34.5 Å². The normalized spacial score (nSPS) is 38.6. The van der Waals surface area contributed by atoms with Gasteiger partial charge in [-0.05, 0) is 93.0 Å². The molecule has 4 aliphatic rings. The maximum Gasteiger partial charge on any atom is 0.155 e. The van der Waals surface area contributed by atoms with Crippen molar-refractivity contribution in [2.24, 2.45) is 34.5 Å². The molecule has 0 unspecified atom stereocenters. The number of carbonyl (C=O) groups is 2. The summed E-state index contributed by atoms with van der Waals surface area (Å²) >= 11 is 0. The third-order valence-corrected chi connectivity index (χ3v) is 10.7. The van der Waals surface area contributed by atoms with Crippen molar-refractivity contribution in [3.05, 3.63) is 11.6 Å². The van der Waals surface area contributed by atoms with Crippen LogP contribution in [0.2, 0.25) is 0 Å². The molecular formula is C30H48O2. The van der Waals surface area contributed by atoms with Crippen LogP contribution in [0.5, 0.6) is 0 Å². The molecule has 4 rings (SSSR count). The predicted molar refractivity (Wildman–Crippen MR) is 132 cm³/mol. The molecule has 0 radical (unpaired) electrons. The molecule has 2 heteroatoms. The van der Waals surface area contributed by atoms with E-state index in [1.807, 2.05) is 6.92 Å². The Morgan fingerprint density at radius 3 is 2.34 bits per heavy atom. The SMILES string of the molecule is CCCCCCCCCC[C@]12CCC(=O)C=C1CC[C@@H]1[C@@H]2CC[C@]2(C)[C@@H](C(C)=O)CC[C@@H]12. The lowest BCUT2D eigenvalue weighted by Crippen LogP contribution is -2.52. The van der Waals surface area contributed by atoms with Gasteiger partial charge in [0.25, 0.3) is 0 Å². The van der Waals surface area contributed by atoms with Crippen molar-refractivity contribution in [2.75, 3.05) is 0 Å². The second kappa shape index (κ2) is 10.1. The van der Waals surface area contributed by atoms with Crippen LogP contribution < -0.4 is 0 Å². The minimum Gasteiger partial charge on any atom is -0.300 e. The minimum atomic E-state index is 0.235. The molecule has 0 amide bonds. The fourth-order valence-corrected chi connectivity index (χ4v) is 9.07. The molecule has 32 heavy (non-hydrogen) atoms. The summed E-state index contributed by atoms with van der Waals surface area (Å²) in [6, 6.07) is 0. The van der Waals surface area contributed by atoms with E-state index in [0.717, 1.165) is 43.4 Å². The number of Topliss-reactive ketones (excluding diaryl/α,β-unsaturated/α-hetero) is 1. The molecule has 0 aromatic carbocycles. The molecule has 0 aliphatic heterocycles. The molecule has 4 aliphatic carbocycles. The maximum atomic E-state index is 12.4. The van der Waals surface area contributed by atoms with Gasteiger partial charge >= 0.3 is 0 Å². The molecule has 6 atom stereocenters. The van der Waals surface area contributed by atoms with Crippen LogP contribution in [0.25, 0.3) is 0 Å². The van der Waals surface area contributed by atoms with E-state index in [9.17, 15) is 9.59 Å². The van der Waals surface area contributed by atoms with Crippen LogP contribution in [0.1, 0.15) is 130 Å². The van der Waals surface area contributed by atoms with Gasteiger partial charge in [-0.25, -0.2) is 0 Å². The van der Waals surface area contributed by atoms with Crippen LogP contribution in [0.3, 0.4) is 0 Å². The van der Waals surface area contributed by atoms with Crippen molar-refractivity contribution < 1.29 is 9.59 Å². The first-order valence-corrected chi connectivity index (χ1v) is 14.2. The van der Waals surface area contributed by atoms with Gasteiger partial charge < -0.3 is 0 Å². The molecule has 180 valence electrons. The van der Waals surface area contributed by atoms with E-state index in [4.69, 9.17) is 0 Å². The smallest absolute Gasteiger partial charge is 0.155 e. The van der Waals surface area contributed by atoms with E-state index in [2.05, 4.69) is 19.9 Å². The minimum absolute atomic E-state index is 0.235. The number of hydrogen-bond acceptors (Lipinski definition) is 2. The van der Waals surface area contributed by atoms with E-state index in [0.29, 0.717) is 22.9 Å². The number of carbonyl (C=O) groups excluding carboxylic acids is 2. The van der Waals surface area contributed by atoms with Crippen molar-refractivity contribution in [1.29, 1.82) is 0 Å². The highest BCUT2D eigenvalue weighted by atomic mass is 16.1. The third kappa shape index (κ3) is 4.41. The van der Waals surface area contributed by atoms with Gasteiger partial charge in [-0.2, -0.15) is 0 Å². The van der Waals surface area contributed by atoms with Crippen molar-refractivity contribution in [3.63, 3.8) is 0 Å². The quantitative estimate of drug-likeness (QED) is 0.320. The lowest BCUT2D eigenvalue weighted by atomic mass is 9.45. The highest BCUT2D eigenvalue weighted by molar-refractivity contribution is 5.91. The number of unbranched alkanes of at least 4 members (excludes halogenated alkanes) is 7. The second-order valence-electron chi connectivity index (χ2n) is 12.2. The van der Waals surface area contributed by atoms with Gasteiger partial charge in [-0.3, -0.25) is 9.59 Å². The predicted octanol–water partition coefficient (Wildman–Crippen LogP) is 8.23. The Morgan fingerprint density at radius 1 is 0.906 bits per heavy atom. The summed E-state index contributed by atoms with van der Waals surface area (Å²) in [6.07, 6.45) is 23.5. The van der Waals surface area contributed by atoms with Gasteiger partial charge in [0.15, 0.2) is 5.78 Å². The molecule has 0 bridgehead atoms. The van der Waals surface area contributed by atoms with Crippen LogP contribution in [0.4, 0.5) is 0 Å². The monoisotopic (exact) mass is 440 g/mol. The summed E-state index contributed by atoms with van der Waals surface area (Å²) in [7, 11) is 0. The molecule has 0 aromatic heterocycles. The van der Waals surface area contributed by atoms with Crippen molar-refractivity contribution >= 4 is 11.6 Å². The lowest BCUT2D eigenvalue weighted by Gasteiger charge is -2.59. The van der Waals surface area contributed by atoms with E-state index in [-0.39, 0.29) is 5.41 Å². The summed E-state index contributed by atoms with van der Waals surface area (Å²) < 4.78 is 0. The van der Waals surface area contributed by atoms with Gasteiger partial charge in [0, 0.05) is 12.3 Å². The Morgan fingerprint density at radius 2 is 1.62 bits per heavy atom. The molecule has 0 heterocycles. The number of ketones is 2. The van der Waals surface area contributed by atoms with Crippen molar-refractivity contribution in [1.82, 2.24) is 0 Å². The van der Waals surface area contributed by atoms with Crippen LogP contribution in [-0.4, -0.2) is 11.6 Å². The Labute approximate surface area is 197 Å². The summed E-state index contributed by atoms with van der Waals surface area (Å²) in [6.45, 7) is 6.58. The van der Waals surface area contributed by atoms with Crippen molar-refractivity contribution in [2.45, 2.75) is 130 Å². The number of fused-ring (bicyclic) bond motifs is 5. The largest absolute Gasteiger partial charge is 0.300 e. The standard InChI is InChI=1S/C30H48O2/c1-4-5-6-7-8-9-10-11-18-30-20-16-24(32)21-23(30)12-13-25-27-15-14-26(22(2)31)29(27,3)19-17-28(25)30/h21,25-28H,4-20H2,1-3H3/t25-,26+,27-,28-,29+,30-/m0/s1. The van der Waals surface area contributed by atoms with Gasteiger partial charge in [0.2, 0.25) is 0 Å². The van der Waals surface area contributed by atoms with Crippen LogP contribution in [-0.2, 0) is 9.59 Å². The first kappa shape index (κ1) is 24.2. The first-order valence-electron chi connectivity index (χ1n) is 14.2. The zero-order valence-corrected chi connectivity index (χ0v) is 21.2. The molecule has 3 saturated carbocycles. The zero-order chi connectivity index (χ0) is 22.8. The molecule has 0 spiro atoms. The van der Waals surface area contributed by atoms with E-state index < -0.39 is 0 Å². The molecule has 0 N–H and O–H groups in total. The summed E-state index contributed by atoms with van der Waals surface area (Å²) in [5.41, 5.74) is 2.07. The Hall–Kier alpha value is -0.920. The van der Waals surface area contributed by atoms with Gasteiger partial charge in [0.05, 0.1) is 0 Å². The summed E-state index contributed by atoms with van der Waals surface area (Å²) in [4.78, 5) is 24.8. The molecule has 2 nitrogen and oxygen atoms in total. The average Bonchev–Trinajstić information content (AvgIpc) is 3.13. The lowest BCUT2D eigenvalue weighted by molar-refractivity contribution is -0.129. The zero-order valence-electron chi connectivity index (χ0n) is 21.2. The fourth-order valence-electron chi connectivity index (χ4n) is 9.07. The Kier molecular flexibility index (Phi) is 7.67. The topological polar surface area (TPSA) is 34.1 Å². The summed E-state index contributed by atoms with van der Waals surface area (Å²) in [5.74, 6) is 3.36. The van der Waals surface area contributed by atoms with E-state index in [1.54, 1.807) is 0 Å². The van der Waals surface area contributed by atoms with E-state index in [1.165, 1.54) is 89.0 Å². The first-order chi connectivity index (χ1) is 15.4.